The molecule has 9 nitrogen and oxygen atoms in total. The molecule has 2 N–H and O–H groups in total. The maximum Gasteiger partial charge on any atom is 0.235 e. The molecule has 1 aliphatic carbocycles. The number of hydrogen-bond acceptors (Lipinski definition) is 7. The Morgan fingerprint density at radius 1 is 1.00 bits per heavy atom. The van der Waals surface area contributed by atoms with Crippen LogP contribution in [-0.4, -0.2) is 45.6 Å². The van der Waals surface area contributed by atoms with Gasteiger partial charge in [0.15, 0.2) is 16.8 Å². The van der Waals surface area contributed by atoms with Crippen LogP contribution in [0.25, 0.3) is 64.7 Å². The molecule has 36 heavy (non-hydrogen) atoms. The lowest BCUT2D eigenvalue weighted by atomic mass is 9.84. The average Bonchev–Trinajstić information content (AvgIpc) is 3.60. The van der Waals surface area contributed by atoms with Crippen molar-refractivity contribution >= 4 is 81.9 Å². The van der Waals surface area contributed by atoms with Crippen LogP contribution in [0.2, 0.25) is 0 Å². The number of aromatic nitrogens is 8. The summed E-state index contributed by atoms with van der Waals surface area (Å²) in [5, 5.41) is 9.35. The lowest BCUT2D eigenvalue weighted by molar-refractivity contribution is 0.0776. The number of hydrogen-bond donors (Lipinski definition) is 2. The number of H-pyrrole nitrogens is 2. The van der Waals surface area contributed by atoms with E-state index < -0.39 is 0 Å². The maximum absolute atomic E-state index is 13.7. The van der Waals surface area contributed by atoms with Gasteiger partial charge in [0.1, 0.15) is 15.9 Å². The van der Waals surface area contributed by atoms with E-state index in [0.29, 0.717) is 22.3 Å². The number of carbonyl (C=O) groups excluding carboxylic acids is 1. The van der Waals surface area contributed by atoms with Crippen molar-refractivity contribution in [2.75, 3.05) is 0 Å². The Kier molecular flexibility index (Phi) is 4.01. The zero-order valence-electron chi connectivity index (χ0n) is 18.9. The largest absolute Gasteiger partial charge is 0.321 e. The molecule has 0 spiro atoms. The summed E-state index contributed by atoms with van der Waals surface area (Å²) in [6.07, 6.45) is 8.23. The second kappa shape index (κ2) is 7.28. The molecule has 8 bridgehead atoms. The van der Waals surface area contributed by atoms with Crippen molar-refractivity contribution in [1.82, 2.24) is 39.7 Å². The molecule has 0 unspecified atom stereocenters. The van der Waals surface area contributed by atoms with E-state index in [0.717, 1.165) is 61.6 Å². The molecule has 0 radical (unpaired) electrons. The van der Waals surface area contributed by atoms with Crippen LogP contribution in [0.5, 0.6) is 0 Å². The molecule has 7 aromatic rings. The van der Waals surface area contributed by atoms with Crippen LogP contribution in [0.3, 0.4) is 0 Å². The molecule has 10 heteroatoms. The third-order valence-corrected chi connectivity index (χ3v) is 8.15. The van der Waals surface area contributed by atoms with Crippen molar-refractivity contribution in [2.45, 2.75) is 19.3 Å². The lowest BCUT2D eigenvalue weighted by Gasteiger charge is -2.24. The summed E-state index contributed by atoms with van der Waals surface area (Å²) in [4.78, 5) is 36.7. The molecule has 0 aliphatic heterocycles. The Hall–Kier alpha value is -4.44. The molecule has 8 rings (SSSR count). The molecule has 1 fully saturated rings. The summed E-state index contributed by atoms with van der Waals surface area (Å²) in [6.45, 7) is 0. The monoisotopic (exact) mass is 490 g/mol. The molecule has 0 amide bonds. The van der Waals surface area contributed by atoms with E-state index in [4.69, 9.17) is 9.97 Å². The number of fused-ring (bicyclic) bond motifs is 9. The van der Waals surface area contributed by atoms with Crippen molar-refractivity contribution in [3.05, 3.63) is 55.0 Å². The number of imidazole rings is 1. The summed E-state index contributed by atoms with van der Waals surface area (Å²) in [7, 11) is 0. The van der Waals surface area contributed by atoms with Crippen LogP contribution in [0, 0.1) is 5.92 Å². The van der Waals surface area contributed by atoms with E-state index >= 15 is 0 Å². The van der Waals surface area contributed by atoms with Crippen molar-refractivity contribution in [3.8, 4) is 0 Å². The van der Waals surface area contributed by atoms with Gasteiger partial charge in [0.05, 0.1) is 22.7 Å². The molecule has 174 valence electrons. The Balaban J connectivity index is 1.62. The van der Waals surface area contributed by atoms with E-state index in [9.17, 15) is 4.79 Å². The Morgan fingerprint density at radius 2 is 1.94 bits per heavy atom. The quantitative estimate of drug-likeness (QED) is 0.306. The first-order valence-corrected chi connectivity index (χ1v) is 12.6. The van der Waals surface area contributed by atoms with Gasteiger partial charge in [-0.15, -0.1) is 11.3 Å². The smallest absolute Gasteiger partial charge is 0.235 e. The fourth-order valence-electron chi connectivity index (χ4n) is 4.93. The predicted molar refractivity (Wildman–Crippen MR) is 141 cm³/mol. The minimum atomic E-state index is 0.0331. The molecule has 7 heterocycles. The van der Waals surface area contributed by atoms with E-state index in [1.807, 2.05) is 41.0 Å². The van der Waals surface area contributed by atoms with Crippen molar-refractivity contribution in [2.24, 2.45) is 5.92 Å². The average molecular weight is 491 g/mol. The van der Waals surface area contributed by atoms with Crippen LogP contribution in [-0.2, 0) is 0 Å². The number of thiophene rings is 1. The second-order valence-electron chi connectivity index (χ2n) is 9.18. The summed E-state index contributed by atoms with van der Waals surface area (Å²) in [5.41, 5.74) is 5.64. The summed E-state index contributed by atoms with van der Waals surface area (Å²) in [6, 6.07) is 11.9. The highest BCUT2D eigenvalue weighted by atomic mass is 32.1. The van der Waals surface area contributed by atoms with Gasteiger partial charge >= 0.3 is 0 Å². The molecule has 1 aliphatic rings. The van der Waals surface area contributed by atoms with Gasteiger partial charge in [0.2, 0.25) is 5.91 Å². The van der Waals surface area contributed by atoms with Gasteiger partial charge in [-0.25, -0.2) is 15.0 Å². The standard InChI is InChI=1S/C26H18N8OS/c35-26(13-2-1-3-13)34-15-10-14(11-27-12-15)17-4-5-18-22(29-17)23(33-32-18)25-30-21-16(8-9-28-24(21)31-25)19-6-7-20(34)36-19/h4-13H,1-3H2,(H,32,33)(H,28,30,31). The first-order valence-electron chi connectivity index (χ1n) is 11.8. The van der Waals surface area contributed by atoms with Crippen molar-refractivity contribution < 1.29 is 4.79 Å². The molecule has 0 saturated heterocycles. The Morgan fingerprint density at radius 3 is 2.83 bits per heavy atom. The lowest BCUT2D eigenvalue weighted by Crippen LogP contribution is -2.27. The molecular weight excluding hydrogens is 472 g/mol. The highest BCUT2D eigenvalue weighted by Crippen LogP contribution is 2.33. The zero-order chi connectivity index (χ0) is 23.8. The first-order chi connectivity index (χ1) is 17.7. The van der Waals surface area contributed by atoms with Gasteiger partial charge in [-0.05, 0) is 49.2 Å². The SMILES string of the molecule is O=C(C1CCC1)n1c2cncc(c2)c2ccc3[nH]nc(c4nc5c(nccc5c5ccc1s5)[nH]4)c3n2. The summed E-state index contributed by atoms with van der Waals surface area (Å²) in [5.74, 6) is 0.145. The highest BCUT2D eigenvalue weighted by Gasteiger charge is 2.27. The number of rotatable bonds is 1. The minimum Gasteiger partial charge on any atom is -0.321 e. The van der Waals surface area contributed by atoms with Gasteiger partial charge in [-0.1, -0.05) is 6.42 Å². The Labute approximate surface area is 206 Å². The third kappa shape index (κ3) is 2.81. The molecular formula is C26H18N8OS. The molecule has 7 aromatic heterocycles. The van der Waals surface area contributed by atoms with Crippen LogP contribution in [0.15, 0.2) is 55.0 Å². The first kappa shape index (κ1) is 19.8. The second-order valence-corrected chi connectivity index (χ2v) is 10.2. The van der Waals surface area contributed by atoms with E-state index in [1.165, 1.54) is 0 Å². The van der Waals surface area contributed by atoms with Gasteiger partial charge in [-0.3, -0.25) is 19.4 Å². The fraction of sp³-hybridized carbons (Fsp3) is 0.154. The third-order valence-electron chi connectivity index (χ3n) is 7.05. The number of nitrogens with one attached hydrogen (secondary N) is 2. The predicted octanol–water partition coefficient (Wildman–Crippen LogP) is 5.66. The van der Waals surface area contributed by atoms with Crippen LogP contribution in [0.4, 0.5) is 0 Å². The van der Waals surface area contributed by atoms with Crippen molar-refractivity contribution in [1.29, 1.82) is 0 Å². The number of aromatic amines is 2. The Bertz CT molecular complexity index is 2080. The van der Waals surface area contributed by atoms with E-state index in [-0.39, 0.29) is 11.8 Å². The zero-order valence-corrected chi connectivity index (χ0v) is 19.7. The normalized spacial score (nSPS) is 14.3. The van der Waals surface area contributed by atoms with Crippen LogP contribution >= 0.6 is 11.3 Å². The molecule has 0 atom stereocenters. The van der Waals surface area contributed by atoms with Crippen molar-refractivity contribution in [3.63, 3.8) is 0 Å². The maximum atomic E-state index is 13.7. The summed E-state index contributed by atoms with van der Waals surface area (Å²) >= 11 is 1.56. The van der Waals surface area contributed by atoms with Gasteiger partial charge in [-0.2, -0.15) is 5.10 Å². The molecule has 0 aromatic carbocycles. The van der Waals surface area contributed by atoms with Gasteiger partial charge in [0, 0.05) is 33.8 Å². The number of nitrogens with zero attached hydrogens (tertiary/aromatic N) is 6. The number of pyridine rings is 3. The van der Waals surface area contributed by atoms with E-state index in [2.05, 4.69) is 25.1 Å². The van der Waals surface area contributed by atoms with Crippen LogP contribution in [0.1, 0.15) is 24.1 Å². The molecule has 1 saturated carbocycles. The minimum absolute atomic E-state index is 0.0331. The van der Waals surface area contributed by atoms with Crippen LogP contribution < -0.4 is 0 Å². The summed E-state index contributed by atoms with van der Waals surface area (Å²) < 4.78 is 2.83. The number of carbonyl (C=O) groups is 1. The van der Waals surface area contributed by atoms with Gasteiger partial charge < -0.3 is 4.98 Å². The highest BCUT2D eigenvalue weighted by molar-refractivity contribution is 7.24. The topological polar surface area (TPSA) is 118 Å². The fourth-order valence-corrected chi connectivity index (χ4v) is 5.99. The van der Waals surface area contributed by atoms with E-state index in [1.54, 1.807) is 29.9 Å². The van der Waals surface area contributed by atoms with Gasteiger partial charge in [0.25, 0.3) is 0 Å².